The van der Waals surface area contributed by atoms with Gasteiger partial charge in [0, 0.05) is 0 Å². The fourth-order valence-corrected chi connectivity index (χ4v) is 1.00. The highest BCUT2D eigenvalue weighted by Crippen LogP contribution is 2.23. The Morgan fingerprint density at radius 3 is 2.75 bits per heavy atom. The Morgan fingerprint density at radius 2 is 2.38 bits per heavy atom. The van der Waals surface area contributed by atoms with Crippen molar-refractivity contribution in [2.24, 2.45) is 0 Å². The fourth-order valence-electron chi connectivity index (χ4n) is 1.00. The molecule has 2 aliphatic rings. The molecule has 2 rings (SSSR count). The third kappa shape index (κ3) is 0.464. The lowest BCUT2D eigenvalue weighted by Crippen LogP contribution is -2.46. The number of hydrogen-bond acceptors (Lipinski definition) is 2. The van der Waals surface area contributed by atoms with Gasteiger partial charge in [0.2, 0.25) is 0 Å². The minimum absolute atomic E-state index is 0.375. The third-order valence-corrected chi connectivity index (χ3v) is 1.61. The molecule has 0 aromatic carbocycles. The molecule has 0 spiro atoms. The van der Waals surface area contributed by atoms with Crippen LogP contribution in [0, 0.1) is 0 Å². The van der Waals surface area contributed by atoms with Crippen LogP contribution in [0.15, 0.2) is 12.3 Å². The zero-order valence-electron chi connectivity index (χ0n) is 4.54. The molecule has 0 unspecified atom stereocenters. The van der Waals surface area contributed by atoms with Crippen LogP contribution in [0.2, 0.25) is 0 Å². The summed E-state index contributed by atoms with van der Waals surface area (Å²) in [6.45, 7) is 0.787. The number of ether oxygens (including phenoxy) is 2. The van der Waals surface area contributed by atoms with E-state index in [-0.39, 0.29) is 0 Å². The lowest BCUT2D eigenvalue weighted by Gasteiger charge is -2.37. The third-order valence-electron chi connectivity index (χ3n) is 1.61. The van der Waals surface area contributed by atoms with Crippen molar-refractivity contribution in [2.75, 3.05) is 6.61 Å². The predicted molar refractivity (Wildman–Crippen MR) is 28.4 cm³/mol. The molecule has 0 aromatic heterocycles. The molecule has 2 aliphatic heterocycles. The first-order valence-electron chi connectivity index (χ1n) is 2.89. The van der Waals surface area contributed by atoms with Crippen LogP contribution in [0.1, 0.15) is 6.42 Å². The summed E-state index contributed by atoms with van der Waals surface area (Å²) in [5, 5.41) is 0. The molecule has 44 valence electrons. The molecule has 1 saturated heterocycles. The molecule has 0 aliphatic carbocycles. The highest BCUT2D eigenvalue weighted by molar-refractivity contribution is 4.93. The van der Waals surface area contributed by atoms with Crippen molar-refractivity contribution in [3.8, 4) is 0 Å². The van der Waals surface area contributed by atoms with Gasteiger partial charge >= 0.3 is 0 Å². The van der Waals surface area contributed by atoms with Gasteiger partial charge in [-0.25, -0.2) is 0 Å². The highest BCUT2D eigenvalue weighted by Gasteiger charge is 2.33. The summed E-state index contributed by atoms with van der Waals surface area (Å²) in [6.07, 6.45) is 5.55. The van der Waals surface area contributed by atoms with Crippen LogP contribution in [0.3, 0.4) is 0 Å². The topological polar surface area (TPSA) is 18.5 Å². The lowest BCUT2D eigenvalue weighted by molar-refractivity contribution is -0.170. The zero-order valence-corrected chi connectivity index (χ0v) is 4.54. The Balaban J connectivity index is 2.05. The van der Waals surface area contributed by atoms with Gasteiger partial charge < -0.3 is 9.47 Å². The van der Waals surface area contributed by atoms with Crippen LogP contribution in [0.5, 0.6) is 0 Å². The second-order valence-electron chi connectivity index (χ2n) is 2.15. The van der Waals surface area contributed by atoms with E-state index in [1.807, 2.05) is 6.08 Å². The first-order chi connectivity index (χ1) is 3.97. The Hall–Kier alpha value is -0.500. The fraction of sp³-hybridized carbons (Fsp3) is 0.667. The number of rotatable bonds is 0. The van der Waals surface area contributed by atoms with E-state index < -0.39 is 0 Å². The molecule has 0 amide bonds. The van der Waals surface area contributed by atoms with E-state index in [9.17, 15) is 0 Å². The molecular weight excluding hydrogens is 104 g/mol. The van der Waals surface area contributed by atoms with Gasteiger partial charge in [0.25, 0.3) is 0 Å². The molecule has 2 heterocycles. The summed E-state index contributed by atoms with van der Waals surface area (Å²) in [5.41, 5.74) is 0. The molecule has 0 bridgehead atoms. The maximum absolute atomic E-state index is 5.17. The van der Waals surface area contributed by atoms with Crippen molar-refractivity contribution in [3.05, 3.63) is 12.3 Å². The average Bonchev–Trinajstić information content (AvgIpc) is 1.72. The maximum atomic E-state index is 5.17. The monoisotopic (exact) mass is 112 g/mol. The molecular formula is C6H8O2. The van der Waals surface area contributed by atoms with Gasteiger partial charge in [0.15, 0.2) is 0 Å². The molecule has 1 fully saturated rings. The van der Waals surface area contributed by atoms with Gasteiger partial charge in [-0.15, -0.1) is 0 Å². The summed E-state index contributed by atoms with van der Waals surface area (Å²) >= 11 is 0. The molecule has 8 heavy (non-hydrogen) atoms. The summed E-state index contributed by atoms with van der Waals surface area (Å²) in [6, 6.07) is 0. The summed E-state index contributed by atoms with van der Waals surface area (Å²) in [7, 11) is 0. The molecule has 0 saturated carbocycles. The standard InChI is InChI=1S/C6H8O2/c1-2-5-6(4-8-5)7-3-1/h1,3,5-6H,2,4H2/t5-,6-/m1/s1. The van der Waals surface area contributed by atoms with E-state index in [1.54, 1.807) is 6.26 Å². The van der Waals surface area contributed by atoms with E-state index in [2.05, 4.69) is 0 Å². The summed E-state index contributed by atoms with van der Waals surface area (Å²) in [4.78, 5) is 0. The maximum Gasteiger partial charge on any atom is 0.147 e. The van der Waals surface area contributed by atoms with Gasteiger partial charge in [0.1, 0.15) is 12.2 Å². The SMILES string of the molecule is C1=CO[C@@H]2CO[C@@H]2C1. The van der Waals surface area contributed by atoms with Crippen LogP contribution in [0.25, 0.3) is 0 Å². The van der Waals surface area contributed by atoms with Crippen molar-refractivity contribution in [2.45, 2.75) is 18.6 Å². The largest absolute Gasteiger partial charge is 0.493 e. The Kier molecular flexibility index (Phi) is 0.815. The van der Waals surface area contributed by atoms with Gasteiger partial charge in [0.05, 0.1) is 12.9 Å². The predicted octanol–water partition coefficient (Wildman–Crippen LogP) is 0.688. The minimum Gasteiger partial charge on any atom is -0.493 e. The molecule has 2 heteroatoms. The van der Waals surface area contributed by atoms with Crippen molar-refractivity contribution < 1.29 is 9.47 Å². The van der Waals surface area contributed by atoms with Crippen LogP contribution in [-0.4, -0.2) is 18.8 Å². The molecule has 2 nitrogen and oxygen atoms in total. The molecule has 0 radical (unpaired) electrons. The smallest absolute Gasteiger partial charge is 0.147 e. The van der Waals surface area contributed by atoms with Crippen molar-refractivity contribution in [1.29, 1.82) is 0 Å². The molecule has 0 N–H and O–H groups in total. The summed E-state index contributed by atoms with van der Waals surface area (Å²) in [5.74, 6) is 0. The highest BCUT2D eigenvalue weighted by atomic mass is 16.6. The second-order valence-corrected chi connectivity index (χ2v) is 2.15. The van der Waals surface area contributed by atoms with Crippen LogP contribution < -0.4 is 0 Å². The number of hydrogen-bond donors (Lipinski definition) is 0. The van der Waals surface area contributed by atoms with E-state index in [0.29, 0.717) is 12.2 Å². The van der Waals surface area contributed by atoms with Crippen molar-refractivity contribution in [1.82, 2.24) is 0 Å². The van der Waals surface area contributed by atoms with Gasteiger partial charge in [-0.05, 0) is 12.5 Å². The van der Waals surface area contributed by atoms with Crippen LogP contribution in [0.4, 0.5) is 0 Å². The van der Waals surface area contributed by atoms with E-state index in [1.165, 1.54) is 0 Å². The summed E-state index contributed by atoms with van der Waals surface area (Å²) < 4.78 is 10.3. The first-order valence-corrected chi connectivity index (χ1v) is 2.89. The minimum atomic E-state index is 0.375. The average molecular weight is 112 g/mol. The van der Waals surface area contributed by atoms with E-state index in [4.69, 9.17) is 9.47 Å². The van der Waals surface area contributed by atoms with E-state index >= 15 is 0 Å². The van der Waals surface area contributed by atoms with Gasteiger partial charge in [-0.1, -0.05) is 0 Å². The van der Waals surface area contributed by atoms with Crippen molar-refractivity contribution >= 4 is 0 Å². The normalized spacial score (nSPS) is 42.0. The Bertz CT molecular complexity index is 106. The Morgan fingerprint density at radius 1 is 1.38 bits per heavy atom. The van der Waals surface area contributed by atoms with Gasteiger partial charge in [-0.3, -0.25) is 0 Å². The first kappa shape index (κ1) is 4.39. The lowest BCUT2D eigenvalue weighted by atomic mass is 10.1. The van der Waals surface area contributed by atoms with Crippen molar-refractivity contribution in [3.63, 3.8) is 0 Å². The number of fused-ring (bicyclic) bond motifs is 1. The molecule has 2 atom stereocenters. The molecule has 0 aromatic rings. The van der Waals surface area contributed by atoms with Crippen LogP contribution >= 0.6 is 0 Å². The second kappa shape index (κ2) is 1.49. The van der Waals surface area contributed by atoms with Gasteiger partial charge in [-0.2, -0.15) is 0 Å². The van der Waals surface area contributed by atoms with Crippen LogP contribution in [-0.2, 0) is 9.47 Å². The Labute approximate surface area is 48.1 Å². The van der Waals surface area contributed by atoms with E-state index in [0.717, 1.165) is 13.0 Å². The quantitative estimate of drug-likeness (QED) is 0.459. The zero-order chi connectivity index (χ0) is 5.40.